The third-order valence-corrected chi connectivity index (χ3v) is 4.87. The Kier molecular flexibility index (Phi) is 5.90. The molecular weight excluding hydrogens is 361 g/mol. The molecule has 2 rings (SSSR count). The van der Waals surface area contributed by atoms with Gasteiger partial charge in [0, 0.05) is 21.2 Å². The molecule has 1 nitrogen and oxygen atoms in total. The molecule has 106 valence electrons. The maximum absolute atomic E-state index is 13.3. The molecule has 1 atom stereocenters. The minimum Gasteiger partial charge on any atom is -0.327 e. The van der Waals surface area contributed by atoms with Crippen LogP contribution in [0.3, 0.4) is 0 Å². The van der Waals surface area contributed by atoms with E-state index in [-0.39, 0.29) is 11.1 Å². The van der Waals surface area contributed by atoms with Crippen molar-refractivity contribution in [2.24, 2.45) is 5.73 Å². The lowest BCUT2D eigenvalue weighted by atomic mass is 10.1. The molecule has 5 heteroatoms. The Hall–Kier alpha value is -0.550. The molecule has 2 aromatic rings. The lowest BCUT2D eigenvalue weighted by Gasteiger charge is -2.13. The third kappa shape index (κ3) is 4.48. The number of rotatable bonds is 5. The Bertz CT molecular complexity index is 594. The predicted octanol–water partition coefficient (Wildman–Crippen LogP) is 4.90. The minimum atomic E-state index is -0.393. The van der Waals surface area contributed by atoms with Crippen LogP contribution in [0.5, 0.6) is 0 Å². The first-order valence-electron chi connectivity index (χ1n) is 6.13. The number of thioether (sulfide) groups is 1. The molecule has 0 saturated carbocycles. The molecule has 0 fully saturated rings. The lowest BCUT2D eigenvalue weighted by molar-refractivity contribution is 0.623. The molecule has 0 aliphatic heterocycles. The van der Waals surface area contributed by atoms with E-state index in [9.17, 15) is 4.39 Å². The van der Waals surface area contributed by atoms with Gasteiger partial charge in [-0.25, -0.2) is 4.39 Å². The van der Waals surface area contributed by atoms with Crippen LogP contribution < -0.4 is 5.73 Å². The Balaban J connectivity index is 1.92. The lowest BCUT2D eigenvalue weighted by Crippen LogP contribution is -2.25. The van der Waals surface area contributed by atoms with Gasteiger partial charge in [0.05, 0.1) is 5.02 Å². The standard InChI is InChI=1S/C15H14BrClFNS/c16-11-4-2-5-13(8-11)20-9-12(19)7-10-3-1-6-14(18)15(10)17/h1-6,8,12H,7,9,19H2. The van der Waals surface area contributed by atoms with Crippen LogP contribution in [0.15, 0.2) is 51.8 Å². The van der Waals surface area contributed by atoms with Crippen LogP contribution in [0, 0.1) is 5.82 Å². The number of hydrogen-bond acceptors (Lipinski definition) is 2. The van der Waals surface area contributed by atoms with Crippen molar-refractivity contribution in [2.75, 3.05) is 5.75 Å². The van der Waals surface area contributed by atoms with E-state index in [1.54, 1.807) is 17.8 Å². The molecule has 2 aromatic carbocycles. The number of nitrogens with two attached hydrogens (primary N) is 1. The summed E-state index contributed by atoms with van der Waals surface area (Å²) in [4.78, 5) is 1.15. The zero-order valence-corrected chi connectivity index (χ0v) is 13.8. The van der Waals surface area contributed by atoms with Crippen molar-refractivity contribution in [1.29, 1.82) is 0 Å². The number of hydrogen-bond donors (Lipinski definition) is 1. The van der Waals surface area contributed by atoms with E-state index >= 15 is 0 Å². The fourth-order valence-corrected chi connectivity index (χ4v) is 3.47. The molecular formula is C15H14BrClFNS. The van der Waals surface area contributed by atoms with Crippen LogP contribution in [0.4, 0.5) is 4.39 Å². The van der Waals surface area contributed by atoms with E-state index < -0.39 is 5.82 Å². The first-order chi connectivity index (χ1) is 9.56. The van der Waals surface area contributed by atoms with Crippen molar-refractivity contribution in [3.63, 3.8) is 0 Å². The smallest absolute Gasteiger partial charge is 0.142 e. The highest BCUT2D eigenvalue weighted by atomic mass is 79.9. The van der Waals surface area contributed by atoms with Crippen LogP contribution in [-0.2, 0) is 6.42 Å². The quantitative estimate of drug-likeness (QED) is 0.753. The maximum Gasteiger partial charge on any atom is 0.142 e. The van der Waals surface area contributed by atoms with E-state index in [1.807, 2.05) is 30.3 Å². The summed E-state index contributed by atoms with van der Waals surface area (Å²) in [6, 6.07) is 12.8. The highest BCUT2D eigenvalue weighted by Crippen LogP contribution is 2.24. The zero-order valence-electron chi connectivity index (χ0n) is 10.7. The monoisotopic (exact) mass is 373 g/mol. The summed E-state index contributed by atoms with van der Waals surface area (Å²) in [5.74, 6) is 0.361. The van der Waals surface area contributed by atoms with E-state index in [4.69, 9.17) is 17.3 Å². The highest BCUT2D eigenvalue weighted by Gasteiger charge is 2.10. The second-order valence-corrected chi connectivity index (χ2v) is 6.83. The van der Waals surface area contributed by atoms with Gasteiger partial charge in [-0.1, -0.05) is 45.7 Å². The number of benzene rings is 2. The van der Waals surface area contributed by atoms with Crippen molar-refractivity contribution in [3.8, 4) is 0 Å². The van der Waals surface area contributed by atoms with E-state index in [0.717, 1.165) is 20.7 Å². The molecule has 0 aromatic heterocycles. The summed E-state index contributed by atoms with van der Waals surface area (Å²) in [5.41, 5.74) is 6.86. The van der Waals surface area contributed by atoms with Gasteiger partial charge in [0.2, 0.25) is 0 Å². The average Bonchev–Trinajstić information content (AvgIpc) is 2.42. The van der Waals surface area contributed by atoms with Crippen LogP contribution in [-0.4, -0.2) is 11.8 Å². The van der Waals surface area contributed by atoms with Crippen LogP contribution in [0.1, 0.15) is 5.56 Å². The highest BCUT2D eigenvalue weighted by molar-refractivity contribution is 9.10. The molecule has 2 N–H and O–H groups in total. The summed E-state index contributed by atoms with van der Waals surface area (Å²) in [6.07, 6.45) is 0.567. The van der Waals surface area contributed by atoms with Gasteiger partial charge in [0.1, 0.15) is 5.82 Å². The van der Waals surface area contributed by atoms with Gasteiger partial charge in [0.25, 0.3) is 0 Å². The Morgan fingerprint density at radius 2 is 2.00 bits per heavy atom. The summed E-state index contributed by atoms with van der Waals surface area (Å²) in [5, 5.41) is 0.176. The van der Waals surface area contributed by atoms with Crippen molar-refractivity contribution in [3.05, 3.63) is 63.3 Å². The molecule has 0 bridgehead atoms. The zero-order chi connectivity index (χ0) is 14.5. The molecule has 20 heavy (non-hydrogen) atoms. The maximum atomic E-state index is 13.3. The summed E-state index contributed by atoms with van der Waals surface area (Å²) in [6.45, 7) is 0. The SMILES string of the molecule is NC(CSc1cccc(Br)c1)Cc1cccc(F)c1Cl. The summed E-state index contributed by atoms with van der Waals surface area (Å²) in [7, 11) is 0. The topological polar surface area (TPSA) is 26.0 Å². The largest absolute Gasteiger partial charge is 0.327 e. The molecule has 1 unspecified atom stereocenters. The van der Waals surface area contributed by atoms with E-state index in [0.29, 0.717) is 6.42 Å². The second-order valence-electron chi connectivity index (χ2n) is 4.45. The average molecular weight is 375 g/mol. The van der Waals surface area contributed by atoms with E-state index in [2.05, 4.69) is 15.9 Å². The van der Waals surface area contributed by atoms with Gasteiger partial charge in [-0.05, 0) is 36.2 Å². The predicted molar refractivity (Wildman–Crippen MR) is 88.0 cm³/mol. The van der Waals surface area contributed by atoms with Crippen LogP contribution >= 0.6 is 39.3 Å². The van der Waals surface area contributed by atoms with Gasteiger partial charge >= 0.3 is 0 Å². The Labute approximate surface area is 135 Å². The molecule has 0 radical (unpaired) electrons. The van der Waals surface area contributed by atoms with Crippen molar-refractivity contribution >= 4 is 39.3 Å². The minimum absolute atomic E-state index is 0.0710. The van der Waals surface area contributed by atoms with Crippen molar-refractivity contribution < 1.29 is 4.39 Å². The molecule has 0 saturated heterocycles. The van der Waals surface area contributed by atoms with Gasteiger partial charge < -0.3 is 5.73 Å². The van der Waals surface area contributed by atoms with Crippen molar-refractivity contribution in [1.82, 2.24) is 0 Å². The fraction of sp³-hybridized carbons (Fsp3) is 0.200. The van der Waals surface area contributed by atoms with Gasteiger partial charge in [-0.2, -0.15) is 0 Å². The third-order valence-electron chi connectivity index (χ3n) is 2.77. The molecule has 0 amide bonds. The second kappa shape index (κ2) is 7.46. The Morgan fingerprint density at radius 1 is 1.25 bits per heavy atom. The van der Waals surface area contributed by atoms with Crippen molar-refractivity contribution in [2.45, 2.75) is 17.4 Å². The molecule has 0 heterocycles. The number of halogens is 3. The summed E-state index contributed by atoms with van der Waals surface area (Å²) >= 11 is 11.0. The summed E-state index contributed by atoms with van der Waals surface area (Å²) < 4.78 is 14.4. The normalized spacial score (nSPS) is 12.4. The van der Waals surface area contributed by atoms with Gasteiger partial charge in [-0.15, -0.1) is 11.8 Å². The fourth-order valence-electron chi connectivity index (χ4n) is 1.81. The van der Waals surface area contributed by atoms with E-state index in [1.165, 1.54) is 6.07 Å². The van der Waals surface area contributed by atoms with Crippen LogP contribution in [0.25, 0.3) is 0 Å². The molecule has 0 aliphatic rings. The Morgan fingerprint density at radius 3 is 2.75 bits per heavy atom. The first-order valence-corrected chi connectivity index (χ1v) is 8.29. The van der Waals surface area contributed by atoms with Gasteiger partial charge in [0.15, 0.2) is 0 Å². The van der Waals surface area contributed by atoms with Crippen LogP contribution in [0.2, 0.25) is 5.02 Å². The first kappa shape index (κ1) is 15.8. The van der Waals surface area contributed by atoms with Gasteiger partial charge in [-0.3, -0.25) is 0 Å². The molecule has 0 spiro atoms. The molecule has 0 aliphatic carbocycles.